The number of aryl methyl sites for hydroxylation is 2. The second-order valence-corrected chi connectivity index (χ2v) is 10.1. The van der Waals surface area contributed by atoms with E-state index in [-0.39, 0.29) is 0 Å². The molecule has 0 fully saturated rings. The Morgan fingerprint density at radius 2 is 1.26 bits per heavy atom. The molecule has 2 nitrogen and oxygen atoms in total. The van der Waals surface area contributed by atoms with Crippen LogP contribution in [0.15, 0.2) is 36.7 Å². The van der Waals surface area contributed by atoms with Crippen molar-refractivity contribution in [1.82, 2.24) is 9.38 Å². The van der Waals surface area contributed by atoms with E-state index in [0.29, 0.717) is 0 Å². The van der Waals surface area contributed by atoms with Crippen LogP contribution in [-0.4, -0.2) is 9.38 Å². The predicted molar refractivity (Wildman–Crippen MR) is 137 cm³/mol. The summed E-state index contributed by atoms with van der Waals surface area (Å²) in [6.45, 7) is 4.56. The van der Waals surface area contributed by atoms with Crippen molar-refractivity contribution >= 4 is 16.3 Å². The number of hydrogen-bond donors (Lipinski definition) is 0. The summed E-state index contributed by atoms with van der Waals surface area (Å²) in [5, 5.41) is 0. The minimum absolute atomic E-state index is 1.12. The number of aromatic nitrogens is 2. The average Bonchev–Trinajstić information content (AvgIpc) is 3.35. The van der Waals surface area contributed by atoms with Crippen LogP contribution < -0.4 is 0 Å². The number of hydrogen-bond acceptors (Lipinski definition) is 2. The molecule has 0 amide bonds. The van der Waals surface area contributed by atoms with Crippen molar-refractivity contribution in [2.45, 2.75) is 110 Å². The van der Waals surface area contributed by atoms with E-state index in [2.05, 4.69) is 54.9 Å². The van der Waals surface area contributed by atoms with Gasteiger partial charge in [0.2, 0.25) is 0 Å². The Morgan fingerprint density at radius 3 is 1.87 bits per heavy atom. The number of unbranched alkanes of at least 4 members (excludes halogenated alkanes) is 11. The van der Waals surface area contributed by atoms with Crippen LogP contribution in [0.1, 0.15) is 109 Å². The Bertz CT molecular complexity index is 827. The smallest absolute Gasteiger partial charge is 0.194 e. The van der Waals surface area contributed by atoms with E-state index in [0.717, 1.165) is 11.4 Å². The highest BCUT2D eigenvalue weighted by Gasteiger charge is 2.08. The highest BCUT2D eigenvalue weighted by atomic mass is 32.1. The van der Waals surface area contributed by atoms with Gasteiger partial charge in [-0.2, -0.15) is 0 Å². The topological polar surface area (TPSA) is 17.3 Å². The number of thiazole rings is 1. The molecular weight excluding hydrogens is 396 g/mol. The molecule has 0 N–H and O–H groups in total. The lowest BCUT2D eigenvalue weighted by atomic mass is 10.0. The fraction of sp³-hybridized carbons (Fsp3) is 0.607. The Morgan fingerprint density at radius 1 is 0.677 bits per heavy atom. The second kappa shape index (κ2) is 13.7. The van der Waals surface area contributed by atoms with Gasteiger partial charge in [-0.05, 0) is 36.8 Å². The Labute approximate surface area is 194 Å². The van der Waals surface area contributed by atoms with E-state index in [1.54, 1.807) is 0 Å². The third kappa shape index (κ3) is 8.11. The Kier molecular flexibility index (Phi) is 10.6. The molecule has 0 saturated carbocycles. The van der Waals surface area contributed by atoms with Gasteiger partial charge in [-0.25, -0.2) is 4.98 Å². The number of imidazole rings is 1. The summed E-state index contributed by atoms with van der Waals surface area (Å²) in [5.74, 6) is 0. The molecule has 0 aliphatic carbocycles. The molecule has 2 heterocycles. The molecule has 31 heavy (non-hydrogen) atoms. The molecule has 0 aliphatic rings. The highest BCUT2D eigenvalue weighted by Crippen LogP contribution is 2.29. The molecular formula is C28H42N2S. The zero-order valence-electron chi connectivity index (χ0n) is 19.9. The van der Waals surface area contributed by atoms with Crippen LogP contribution in [0.2, 0.25) is 0 Å². The maximum Gasteiger partial charge on any atom is 0.194 e. The molecule has 0 atom stereocenters. The van der Waals surface area contributed by atoms with Gasteiger partial charge < -0.3 is 0 Å². The molecule has 0 aliphatic heterocycles. The fourth-order valence-corrected chi connectivity index (χ4v) is 5.30. The van der Waals surface area contributed by atoms with Gasteiger partial charge in [0.1, 0.15) is 0 Å². The van der Waals surface area contributed by atoms with E-state index >= 15 is 0 Å². The molecule has 170 valence electrons. The van der Waals surface area contributed by atoms with Crippen molar-refractivity contribution in [3.8, 4) is 10.4 Å². The van der Waals surface area contributed by atoms with Gasteiger partial charge in [0, 0.05) is 12.4 Å². The fourth-order valence-electron chi connectivity index (χ4n) is 4.31. The molecule has 0 radical (unpaired) electrons. The molecule has 0 saturated heterocycles. The van der Waals surface area contributed by atoms with Gasteiger partial charge in [0.15, 0.2) is 4.96 Å². The van der Waals surface area contributed by atoms with Gasteiger partial charge in [-0.3, -0.25) is 4.40 Å². The quantitative estimate of drug-likeness (QED) is 0.204. The van der Waals surface area contributed by atoms with E-state index in [1.165, 1.54) is 112 Å². The minimum atomic E-state index is 1.12. The first-order valence-electron chi connectivity index (χ1n) is 12.9. The van der Waals surface area contributed by atoms with Gasteiger partial charge in [0.25, 0.3) is 0 Å². The van der Waals surface area contributed by atoms with E-state index in [4.69, 9.17) is 4.98 Å². The first-order valence-corrected chi connectivity index (χ1v) is 13.7. The zero-order valence-corrected chi connectivity index (χ0v) is 20.7. The molecule has 2 aromatic heterocycles. The van der Waals surface area contributed by atoms with Gasteiger partial charge in [0.05, 0.1) is 10.6 Å². The average molecular weight is 439 g/mol. The van der Waals surface area contributed by atoms with Gasteiger partial charge >= 0.3 is 0 Å². The zero-order chi connectivity index (χ0) is 21.7. The molecule has 3 heteroatoms. The summed E-state index contributed by atoms with van der Waals surface area (Å²) < 4.78 is 2.22. The minimum Gasteiger partial charge on any atom is -0.297 e. The van der Waals surface area contributed by atoms with E-state index < -0.39 is 0 Å². The first-order chi connectivity index (χ1) is 15.3. The van der Waals surface area contributed by atoms with Crippen LogP contribution >= 0.6 is 11.3 Å². The summed E-state index contributed by atoms with van der Waals surface area (Å²) >= 11 is 1.81. The van der Waals surface area contributed by atoms with Gasteiger partial charge in [-0.1, -0.05) is 120 Å². The first kappa shape index (κ1) is 24.0. The van der Waals surface area contributed by atoms with Crippen LogP contribution in [0.25, 0.3) is 15.4 Å². The lowest BCUT2D eigenvalue weighted by Gasteiger charge is -2.03. The molecule has 1 aromatic carbocycles. The van der Waals surface area contributed by atoms with Crippen LogP contribution in [0.5, 0.6) is 0 Å². The maximum absolute atomic E-state index is 4.88. The summed E-state index contributed by atoms with van der Waals surface area (Å²) in [5.41, 5.74) is 4.04. The highest BCUT2D eigenvalue weighted by molar-refractivity contribution is 7.20. The van der Waals surface area contributed by atoms with Crippen molar-refractivity contribution < 1.29 is 0 Å². The molecule has 3 rings (SSSR count). The number of rotatable bonds is 16. The molecule has 0 bridgehead atoms. The SMILES string of the molecule is CCCCCCCCCc1cn2cc(-c3ccc(CCCCCCCC)cc3)sc2n1. The van der Waals surface area contributed by atoms with Crippen molar-refractivity contribution in [3.63, 3.8) is 0 Å². The van der Waals surface area contributed by atoms with Crippen molar-refractivity contribution in [2.24, 2.45) is 0 Å². The molecule has 0 spiro atoms. The standard InChI is InChI=1S/C28H42N2S/c1-3-5-7-9-11-13-15-17-26-22-30-23-27(31-28(30)29-26)25-20-18-24(19-21-25)16-14-12-10-8-6-4-2/h18-23H,3-17H2,1-2H3. The lowest BCUT2D eigenvalue weighted by molar-refractivity contribution is 0.588. The monoisotopic (exact) mass is 438 g/mol. The molecule has 3 aromatic rings. The summed E-state index contributed by atoms with van der Waals surface area (Å²) in [6, 6.07) is 9.21. The summed E-state index contributed by atoms with van der Waals surface area (Å²) in [7, 11) is 0. The third-order valence-electron chi connectivity index (χ3n) is 6.30. The van der Waals surface area contributed by atoms with Crippen LogP contribution in [0.3, 0.4) is 0 Å². The lowest BCUT2D eigenvalue weighted by Crippen LogP contribution is -1.87. The second-order valence-electron chi connectivity index (χ2n) is 9.10. The number of benzene rings is 1. The predicted octanol–water partition coefficient (Wildman–Crippen LogP) is 9.26. The number of nitrogens with zero attached hydrogens (tertiary/aromatic N) is 2. The van der Waals surface area contributed by atoms with Gasteiger partial charge in [-0.15, -0.1) is 0 Å². The largest absolute Gasteiger partial charge is 0.297 e. The summed E-state index contributed by atoms with van der Waals surface area (Å²) in [6.07, 6.45) is 24.5. The molecule has 0 unspecified atom stereocenters. The van der Waals surface area contributed by atoms with E-state index in [1.807, 2.05) is 11.3 Å². The normalized spacial score (nSPS) is 11.5. The Balaban J connectivity index is 1.42. The summed E-state index contributed by atoms with van der Waals surface area (Å²) in [4.78, 5) is 7.32. The van der Waals surface area contributed by atoms with Crippen molar-refractivity contribution in [1.29, 1.82) is 0 Å². The van der Waals surface area contributed by atoms with E-state index in [9.17, 15) is 0 Å². The van der Waals surface area contributed by atoms with Crippen LogP contribution in [-0.2, 0) is 12.8 Å². The number of fused-ring (bicyclic) bond motifs is 1. The van der Waals surface area contributed by atoms with Crippen LogP contribution in [0.4, 0.5) is 0 Å². The van der Waals surface area contributed by atoms with Crippen molar-refractivity contribution in [2.75, 3.05) is 0 Å². The third-order valence-corrected chi connectivity index (χ3v) is 7.35. The van der Waals surface area contributed by atoms with Crippen molar-refractivity contribution in [3.05, 3.63) is 47.9 Å². The maximum atomic E-state index is 4.88. The Hall–Kier alpha value is -1.61. The van der Waals surface area contributed by atoms with Crippen LogP contribution in [0, 0.1) is 0 Å².